The molecule has 104 valence electrons. The molecule has 0 radical (unpaired) electrons. The minimum atomic E-state index is -1.23. The molecule has 0 aliphatic rings. The van der Waals surface area contributed by atoms with E-state index in [0.717, 1.165) is 6.20 Å². The van der Waals surface area contributed by atoms with Gasteiger partial charge in [-0.1, -0.05) is 0 Å². The normalized spacial score (nSPS) is 10.7. The third-order valence-electron chi connectivity index (χ3n) is 3.12. The molecule has 21 heavy (non-hydrogen) atoms. The number of aromatic carboxylic acids is 1. The number of rotatable bonds is 3. The number of halogens is 1. The van der Waals surface area contributed by atoms with E-state index < -0.39 is 17.6 Å². The second-order valence-corrected chi connectivity index (χ2v) is 4.47. The van der Waals surface area contributed by atoms with Crippen LogP contribution in [0.3, 0.4) is 0 Å². The molecule has 2 heterocycles. The molecule has 6 heteroatoms. The number of benzene rings is 1. The van der Waals surface area contributed by atoms with Gasteiger partial charge >= 0.3 is 5.97 Å². The molecule has 3 aromatic rings. The highest BCUT2D eigenvalue weighted by atomic mass is 19.1. The zero-order valence-electron chi connectivity index (χ0n) is 10.6. The van der Waals surface area contributed by atoms with Crippen molar-refractivity contribution in [1.29, 1.82) is 0 Å². The molecule has 0 aliphatic carbocycles. The van der Waals surface area contributed by atoms with Crippen LogP contribution >= 0.6 is 0 Å². The van der Waals surface area contributed by atoms with E-state index in [1.165, 1.54) is 36.5 Å². The van der Waals surface area contributed by atoms with E-state index in [9.17, 15) is 14.0 Å². The average Bonchev–Trinajstić information content (AvgIpc) is 2.89. The number of H-pyrrole nitrogens is 1. The molecule has 0 spiro atoms. The van der Waals surface area contributed by atoms with E-state index in [1.807, 2.05) is 0 Å². The number of hydrogen-bond acceptors (Lipinski definition) is 3. The largest absolute Gasteiger partial charge is 0.478 e. The van der Waals surface area contributed by atoms with Crippen molar-refractivity contribution in [3.8, 4) is 0 Å². The van der Waals surface area contributed by atoms with E-state index in [1.54, 1.807) is 0 Å². The van der Waals surface area contributed by atoms with Crippen LogP contribution in [0.2, 0.25) is 0 Å². The van der Waals surface area contributed by atoms with Gasteiger partial charge in [-0.05, 0) is 30.3 Å². The fourth-order valence-corrected chi connectivity index (χ4v) is 2.13. The summed E-state index contributed by atoms with van der Waals surface area (Å²) in [7, 11) is 0. The number of aromatic amines is 1. The van der Waals surface area contributed by atoms with Gasteiger partial charge in [0.05, 0.1) is 11.3 Å². The number of ketones is 1. The summed E-state index contributed by atoms with van der Waals surface area (Å²) in [6.07, 6.45) is 2.47. The van der Waals surface area contributed by atoms with Gasteiger partial charge in [-0.25, -0.2) is 9.18 Å². The van der Waals surface area contributed by atoms with Crippen LogP contribution in [-0.2, 0) is 0 Å². The Labute approximate surface area is 118 Å². The third-order valence-corrected chi connectivity index (χ3v) is 3.12. The first-order valence-electron chi connectivity index (χ1n) is 6.06. The number of pyridine rings is 1. The lowest BCUT2D eigenvalue weighted by atomic mass is 10.0. The molecule has 3 rings (SSSR count). The highest BCUT2D eigenvalue weighted by molar-refractivity contribution is 6.14. The molecule has 1 aromatic carbocycles. The molecule has 0 aliphatic heterocycles. The van der Waals surface area contributed by atoms with Gasteiger partial charge in [0.1, 0.15) is 5.82 Å². The van der Waals surface area contributed by atoms with Crippen LogP contribution in [0.5, 0.6) is 0 Å². The van der Waals surface area contributed by atoms with Gasteiger partial charge in [-0.3, -0.25) is 9.78 Å². The molecule has 0 fully saturated rings. The lowest BCUT2D eigenvalue weighted by molar-refractivity contribution is 0.0692. The maximum atomic E-state index is 13.2. The van der Waals surface area contributed by atoms with Crippen molar-refractivity contribution >= 4 is 22.7 Å². The number of nitrogens with one attached hydrogen (secondary N) is 1. The van der Waals surface area contributed by atoms with Crippen molar-refractivity contribution in [3.63, 3.8) is 0 Å². The summed E-state index contributed by atoms with van der Waals surface area (Å²) < 4.78 is 13.2. The van der Waals surface area contributed by atoms with Crippen LogP contribution in [0, 0.1) is 5.82 Å². The fourth-order valence-electron chi connectivity index (χ4n) is 2.13. The zero-order valence-corrected chi connectivity index (χ0v) is 10.6. The molecule has 0 atom stereocenters. The predicted octanol–water partition coefficient (Wildman–Crippen LogP) is 2.63. The number of carboxylic acid groups (broad SMARTS) is 1. The second-order valence-electron chi connectivity index (χ2n) is 4.47. The Kier molecular flexibility index (Phi) is 2.98. The molecular weight excluding hydrogens is 275 g/mol. The number of carbonyl (C=O) groups excluding carboxylic acids is 1. The first-order chi connectivity index (χ1) is 10.1. The molecule has 0 saturated heterocycles. The minimum absolute atomic E-state index is 0.0320. The summed E-state index contributed by atoms with van der Waals surface area (Å²) in [6.45, 7) is 0. The monoisotopic (exact) mass is 284 g/mol. The van der Waals surface area contributed by atoms with Crippen LogP contribution in [0.4, 0.5) is 4.39 Å². The van der Waals surface area contributed by atoms with Crippen LogP contribution in [0.15, 0.2) is 42.7 Å². The average molecular weight is 284 g/mol. The fraction of sp³-hybridized carbons (Fsp3) is 0. The van der Waals surface area contributed by atoms with Crippen molar-refractivity contribution in [1.82, 2.24) is 9.97 Å². The van der Waals surface area contributed by atoms with Gasteiger partial charge in [0, 0.05) is 28.9 Å². The van der Waals surface area contributed by atoms with E-state index in [-0.39, 0.29) is 16.8 Å². The van der Waals surface area contributed by atoms with Gasteiger partial charge in [0.2, 0.25) is 5.78 Å². The smallest absolute Gasteiger partial charge is 0.338 e. The molecule has 5 nitrogen and oxygen atoms in total. The second kappa shape index (κ2) is 4.82. The Bertz CT molecular complexity index is 870. The number of aromatic nitrogens is 2. The van der Waals surface area contributed by atoms with Gasteiger partial charge in [0.15, 0.2) is 0 Å². The molecule has 2 aromatic heterocycles. The number of nitrogens with zero attached hydrogens (tertiary/aromatic N) is 1. The molecule has 0 saturated carbocycles. The number of carboxylic acids is 1. The highest BCUT2D eigenvalue weighted by Gasteiger charge is 2.19. The molecule has 0 amide bonds. The zero-order chi connectivity index (χ0) is 15.0. The van der Waals surface area contributed by atoms with Gasteiger partial charge in [-0.2, -0.15) is 0 Å². The maximum absolute atomic E-state index is 13.2. The van der Waals surface area contributed by atoms with Crippen LogP contribution in [0.1, 0.15) is 26.4 Å². The number of carbonyl (C=O) groups is 2. The number of fused-ring (bicyclic) bond motifs is 1. The van der Waals surface area contributed by atoms with Gasteiger partial charge in [-0.15, -0.1) is 0 Å². The highest BCUT2D eigenvalue weighted by Crippen LogP contribution is 2.20. The summed E-state index contributed by atoms with van der Waals surface area (Å²) >= 11 is 0. The van der Waals surface area contributed by atoms with Crippen molar-refractivity contribution in [3.05, 3.63) is 65.4 Å². The number of hydrogen-bond donors (Lipinski definition) is 2. The first-order valence-corrected chi connectivity index (χ1v) is 6.06. The van der Waals surface area contributed by atoms with Crippen molar-refractivity contribution in [2.45, 2.75) is 0 Å². The van der Waals surface area contributed by atoms with Crippen molar-refractivity contribution in [2.75, 3.05) is 0 Å². The van der Waals surface area contributed by atoms with E-state index in [0.29, 0.717) is 10.9 Å². The lowest BCUT2D eigenvalue weighted by Gasteiger charge is -2.02. The molecule has 2 N–H and O–H groups in total. The standard InChI is InChI=1S/C15H9FN2O3/c16-9-1-2-12-8(5-9)6-13(18-12)14(19)10-3-4-17-7-11(10)15(20)21/h1-7,18H,(H,20,21). The van der Waals surface area contributed by atoms with Crippen LogP contribution < -0.4 is 0 Å². The summed E-state index contributed by atoms with van der Waals surface area (Å²) in [6, 6.07) is 6.94. The Hall–Kier alpha value is -3.02. The maximum Gasteiger partial charge on any atom is 0.338 e. The minimum Gasteiger partial charge on any atom is -0.478 e. The Balaban J connectivity index is 2.10. The van der Waals surface area contributed by atoms with E-state index in [4.69, 9.17) is 5.11 Å². The molecular formula is C15H9FN2O3. The van der Waals surface area contributed by atoms with Gasteiger partial charge < -0.3 is 10.1 Å². The van der Waals surface area contributed by atoms with E-state index in [2.05, 4.69) is 9.97 Å². The Morgan fingerprint density at radius 3 is 2.71 bits per heavy atom. The lowest BCUT2D eigenvalue weighted by Crippen LogP contribution is -2.10. The summed E-state index contributed by atoms with van der Waals surface area (Å²) in [5.41, 5.74) is 0.659. The van der Waals surface area contributed by atoms with Crippen molar-refractivity contribution in [2.24, 2.45) is 0 Å². The predicted molar refractivity (Wildman–Crippen MR) is 72.9 cm³/mol. The van der Waals surface area contributed by atoms with Crippen molar-refractivity contribution < 1.29 is 19.1 Å². The van der Waals surface area contributed by atoms with Crippen LogP contribution in [-0.4, -0.2) is 26.8 Å². The third kappa shape index (κ3) is 2.27. The summed E-state index contributed by atoms with van der Waals surface area (Å²) in [4.78, 5) is 30.1. The van der Waals surface area contributed by atoms with E-state index >= 15 is 0 Å². The quantitative estimate of drug-likeness (QED) is 0.724. The summed E-state index contributed by atoms with van der Waals surface area (Å²) in [5.74, 6) is -2.12. The molecule has 0 unspecified atom stereocenters. The first kappa shape index (κ1) is 13.0. The topological polar surface area (TPSA) is 83.0 Å². The van der Waals surface area contributed by atoms with Gasteiger partial charge in [0.25, 0.3) is 0 Å². The molecule has 0 bridgehead atoms. The van der Waals surface area contributed by atoms with Crippen LogP contribution in [0.25, 0.3) is 10.9 Å². The Morgan fingerprint density at radius 1 is 1.14 bits per heavy atom. The Morgan fingerprint density at radius 2 is 1.95 bits per heavy atom. The SMILES string of the molecule is O=C(O)c1cnccc1C(=O)c1cc2cc(F)ccc2[nH]1. The summed E-state index contributed by atoms with van der Waals surface area (Å²) in [5, 5.41) is 9.63.